The van der Waals surface area contributed by atoms with Crippen molar-refractivity contribution in [2.24, 2.45) is 5.73 Å². The minimum Gasteiger partial charge on any atom is -0.320 e. The predicted octanol–water partition coefficient (Wildman–Crippen LogP) is 4.37. The molecule has 0 amide bonds. The van der Waals surface area contributed by atoms with Crippen molar-refractivity contribution >= 4 is 21.4 Å². The first-order chi connectivity index (χ1) is 9.52. The summed E-state index contributed by atoms with van der Waals surface area (Å²) in [5.74, 6) is -1.65. The summed E-state index contributed by atoms with van der Waals surface area (Å²) in [6.07, 6.45) is 0. The monoisotopic (exact) mass is 293 g/mol. The first-order valence-corrected chi connectivity index (χ1v) is 6.75. The second kappa shape index (κ2) is 4.92. The fourth-order valence-corrected chi connectivity index (χ4v) is 3.22. The summed E-state index contributed by atoms with van der Waals surface area (Å²) in [6.45, 7) is 0. The molecule has 102 valence electrons. The molecule has 2 aromatic carbocycles. The highest BCUT2D eigenvalue weighted by Crippen LogP contribution is 2.32. The highest BCUT2D eigenvalue weighted by Gasteiger charge is 2.14. The van der Waals surface area contributed by atoms with Crippen molar-refractivity contribution in [3.05, 3.63) is 70.4 Å². The SMILES string of the molecule is NC(c1cc(F)cc(F)c1)c1cc2ccc(F)cc2s1. The van der Waals surface area contributed by atoms with Crippen LogP contribution in [-0.4, -0.2) is 0 Å². The maximum Gasteiger partial charge on any atom is 0.126 e. The van der Waals surface area contributed by atoms with Crippen molar-refractivity contribution in [3.8, 4) is 0 Å². The Bertz CT molecular complexity index is 762. The van der Waals surface area contributed by atoms with E-state index in [0.29, 0.717) is 5.56 Å². The summed E-state index contributed by atoms with van der Waals surface area (Å²) in [4.78, 5) is 0.732. The van der Waals surface area contributed by atoms with E-state index in [1.165, 1.54) is 35.6 Å². The molecule has 0 aliphatic carbocycles. The molecule has 20 heavy (non-hydrogen) atoms. The van der Waals surface area contributed by atoms with Gasteiger partial charge in [-0.3, -0.25) is 0 Å². The van der Waals surface area contributed by atoms with Crippen LogP contribution in [0.4, 0.5) is 13.2 Å². The molecule has 0 aliphatic heterocycles. The van der Waals surface area contributed by atoms with Crippen LogP contribution in [0.25, 0.3) is 10.1 Å². The lowest BCUT2D eigenvalue weighted by Crippen LogP contribution is -2.10. The molecule has 5 heteroatoms. The van der Waals surface area contributed by atoms with Gasteiger partial charge in [0.15, 0.2) is 0 Å². The summed E-state index contributed by atoms with van der Waals surface area (Å²) in [5, 5.41) is 0.860. The number of hydrogen-bond donors (Lipinski definition) is 1. The zero-order valence-electron chi connectivity index (χ0n) is 10.2. The van der Waals surface area contributed by atoms with Gasteiger partial charge in [0, 0.05) is 15.6 Å². The predicted molar refractivity (Wildman–Crippen MR) is 74.2 cm³/mol. The van der Waals surface area contributed by atoms with E-state index < -0.39 is 17.7 Å². The molecule has 0 saturated heterocycles. The van der Waals surface area contributed by atoms with Crippen LogP contribution in [-0.2, 0) is 0 Å². The van der Waals surface area contributed by atoms with E-state index in [1.807, 2.05) is 6.07 Å². The largest absolute Gasteiger partial charge is 0.320 e. The van der Waals surface area contributed by atoms with Crippen LogP contribution < -0.4 is 5.73 Å². The van der Waals surface area contributed by atoms with E-state index in [1.54, 1.807) is 6.07 Å². The van der Waals surface area contributed by atoms with Crippen LogP contribution in [0.15, 0.2) is 42.5 Å². The topological polar surface area (TPSA) is 26.0 Å². The first kappa shape index (κ1) is 13.1. The fourth-order valence-electron chi connectivity index (χ4n) is 2.10. The van der Waals surface area contributed by atoms with Crippen molar-refractivity contribution in [1.29, 1.82) is 0 Å². The van der Waals surface area contributed by atoms with Crippen LogP contribution in [0.3, 0.4) is 0 Å². The third-order valence-corrected chi connectivity index (χ3v) is 4.23. The molecule has 0 bridgehead atoms. The van der Waals surface area contributed by atoms with Gasteiger partial charge in [-0.05, 0) is 41.3 Å². The van der Waals surface area contributed by atoms with Crippen molar-refractivity contribution in [3.63, 3.8) is 0 Å². The highest BCUT2D eigenvalue weighted by atomic mass is 32.1. The standard InChI is InChI=1S/C15H10F3NS/c16-10-2-1-8-5-14(20-13(8)7-10)15(19)9-3-11(17)6-12(18)4-9/h1-7,15H,19H2. The molecular weight excluding hydrogens is 283 g/mol. The normalized spacial score (nSPS) is 12.8. The minimum atomic E-state index is -0.664. The van der Waals surface area contributed by atoms with Gasteiger partial charge in [-0.2, -0.15) is 0 Å². The van der Waals surface area contributed by atoms with Gasteiger partial charge in [-0.25, -0.2) is 13.2 Å². The molecule has 1 unspecified atom stereocenters. The average Bonchev–Trinajstić information content (AvgIpc) is 2.79. The number of hydrogen-bond acceptors (Lipinski definition) is 2. The number of rotatable bonds is 2. The zero-order valence-corrected chi connectivity index (χ0v) is 11.1. The number of benzene rings is 2. The van der Waals surface area contributed by atoms with Gasteiger partial charge < -0.3 is 5.73 Å². The molecule has 0 aliphatic rings. The maximum absolute atomic E-state index is 13.2. The molecule has 0 saturated carbocycles. The Morgan fingerprint density at radius 3 is 2.25 bits per heavy atom. The van der Waals surface area contributed by atoms with Gasteiger partial charge in [0.25, 0.3) is 0 Å². The molecule has 0 spiro atoms. The molecule has 1 atom stereocenters. The van der Waals surface area contributed by atoms with Crippen molar-refractivity contribution in [2.75, 3.05) is 0 Å². The van der Waals surface area contributed by atoms with Gasteiger partial charge in [0.05, 0.1) is 6.04 Å². The Hall–Kier alpha value is -1.85. The lowest BCUT2D eigenvalue weighted by atomic mass is 10.1. The number of fused-ring (bicyclic) bond motifs is 1. The van der Waals surface area contributed by atoms with Crippen LogP contribution in [0.2, 0.25) is 0 Å². The molecule has 2 N–H and O–H groups in total. The van der Waals surface area contributed by atoms with Crippen LogP contribution >= 0.6 is 11.3 Å². The first-order valence-electron chi connectivity index (χ1n) is 5.93. The molecular formula is C15H10F3NS. The molecule has 0 fully saturated rings. The van der Waals surface area contributed by atoms with E-state index in [2.05, 4.69) is 0 Å². The Morgan fingerprint density at radius 1 is 0.850 bits per heavy atom. The fraction of sp³-hybridized carbons (Fsp3) is 0.0667. The van der Waals surface area contributed by atoms with E-state index in [-0.39, 0.29) is 5.82 Å². The molecule has 0 radical (unpaired) electrons. The quantitative estimate of drug-likeness (QED) is 0.746. The van der Waals surface area contributed by atoms with Gasteiger partial charge >= 0.3 is 0 Å². The summed E-state index contributed by atoms with van der Waals surface area (Å²) in [5.41, 5.74) is 6.40. The summed E-state index contributed by atoms with van der Waals surface area (Å²) in [6, 6.07) is 8.83. The molecule has 1 aromatic heterocycles. The summed E-state index contributed by atoms with van der Waals surface area (Å²) >= 11 is 1.32. The molecule has 1 nitrogen and oxygen atoms in total. The Morgan fingerprint density at radius 2 is 1.55 bits per heavy atom. The Kier molecular flexibility index (Phi) is 3.23. The Labute approximate surface area is 117 Å². The summed E-state index contributed by atoms with van der Waals surface area (Å²) < 4.78 is 40.3. The number of nitrogens with two attached hydrogens (primary N) is 1. The van der Waals surface area contributed by atoms with Crippen molar-refractivity contribution < 1.29 is 13.2 Å². The third-order valence-electron chi connectivity index (χ3n) is 3.05. The van der Waals surface area contributed by atoms with Crippen LogP contribution in [0.1, 0.15) is 16.5 Å². The zero-order chi connectivity index (χ0) is 14.3. The second-order valence-electron chi connectivity index (χ2n) is 4.51. The van der Waals surface area contributed by atoms with Crippen LogP contribution in [0, 0.1) is 17.5 Å². The number of thiophene rings is 1. The maximum atomic E-state index is 13.2. The highest BCUT2D eigenvalue weighted by molar-refractivity contribution is 7.19. The van der Waals surface area contributed by atoms with E-state index in [9.17, 15) is 13.2 Å². The van der Waals surface area contributed by atoms with Gasteiger partial charge in [0.1, 0.15) is 17.5 Å². The van der Waals surface area contributed by atoms with E-state index in [0.717, 1.165) is 21.0 Å². The van der Waals surface area contributed by atoms with E-state index >= 15 is 0 Å². The van der Waals surface area contributed by atoms with Crippen LogP contribution in [0.5, 0.6) is 0 Å². The van der Waals surface area contributed by atoms with Crippen molar-refractivity contribution in [1.82, 2.24) is 0 Å². The third kappa shape index (κ3) is 2.42. The lowest BCUT2D eigenvalue weighted by Gasteiger charge is -2.10. The summed E-state index contributed by atoms with van der Waals surface area (Å²) in [7, 11) is 0. The smallest absolute Gasteiger partial charge is 0.126 e. The molecule has 3 rings (SSSR count). The molecule has 1 heterocycles. The molecule has 3 aromatic rings. The van der Waals surface area contributed by atoms with Crippen molar-refractivity contribution in [2.45, 2.75) is 6.04 Å². The van der Waals surface area contributed by atoms with Gasteiger partial charge in [0.2, 0.25) is 0 Å². The minimum absolute atomic E-state index is 0.323. The average molecular weight is 293 g/mol. The van der Waals surface area contributed by atoms with Gasteiger partial charge in [-0.1, -0.05) is 6.07 Å². The second-order valence-corrected chi connectivity index (χ2v) is 5.63. The van der Waals surface area contributed by atoms with Gasteiger partial charge in [-0.15, -0.1) is 11.3 Å². The van der Waals surface area contributed by atoms with E-state index in [4.69, 9.17) is 5.73 Å². The number of halogens is 3. The Balaban J connectivity index is 2.05. The lowest BCUT2D eigenvalue weighted by molar-refractivity contribution is 0.577.